The molecule has 10 nitrogen and oxygen atoms in total. The molecule has 4 atom stereocenters. The standard InChI is InChI=1S/C27H30N4O6S/c1-27(2,3)37-26(34)31-20(10-16-13-35-14-21(16)31)24(32)29-17(12-28)11-18-6-8-23(38-18)15-5-7-22-19(9-15)30(4)25(33)36-22/h5-9,16-17,20-21H,10-11,13-14H2,1-4H3,(H,29,32)/t16-,17+,20+,21+/m1/s1. The first-order chi connectivity index (χ1) is 18.0. The van der Waals surface area contributed by atoms with E-state index in [1.165, 1.54) is 20.8 Å². The molecule has 2 aliphatic heterocycles. The van der Waals surface area contributed by atoms with E-state index < -0.39 is 29.5 Å². The van der Waals surface area contributed by atoms with Crippen molar-refractivity contribution in [3.63, 3.8) is 0 Å². The summed E-state index contributed by atoms with van der Waals surface area (Å²) in [7, 11) is 1.66. The molecule has 0 aliphatic carbocycles. The first-order valence-electron chi connectivity index (χ1n) is 12.5. The van der Waals surface area contributed by atoms with E-state index in [0.717, 1.165) is 15.3 Å². The first-order valence-corrected chi connectivity index (χ1v) is 13.3. The molecule has 38 heavy (non-hydrogen) atoms. The molecule has 0 saturated carbocycles. The maximum absolute atomic E-state index is 13.3. The minimum absolute atomic E-state index is 0.0608. The van der Waals surface area contributed by atoms with E-state index in [1.807, 2.05) is 24.3 Å². The topological polar surface area (TPSA) is 127 Å². The Balaban J connectivity index is 1.28. The SMILES string of the molecule is Cn1c(=O)oc2ccc(-c3ccc(C[C@@H](C#N)NC(=O)[C@@H]4C[C@@H]5COC[C@@H]5N4C(=O)OC(C)(C)C)s3)cc21. The van der Waals surface area contributed by atoms with Gasteiger partial charge in [-0.3, -0.25) is 14.3 Å². The molecule has 4 heterocycles. The van der Waals surface area contributed by atoms with Gasteiger partial charge in [0.15, 0.2) is 5.58 Å². The molecular weight excluding hydrogens is 508 g/mol. The summed E-state index contributed by atoms with van der Waals surface area (Å²) in [6.07, 6.45) is 0.254. The summed E-state index contributed by atoms with van der Waals surface area (Å²) in [5.74, 6) is -0.717. The highest BCUT2D eigenvalue weighted by Gasteiger charge is 2.51. The number of fused-ring (bicyclic) bond motifs is 2. The van der Waals surface area contributed by atoms with Crippen LogP contribution in [-0.2, 0) is 27.7 Å². The van der Waals surface area contributed by atoms with E-state index in [0.29, 0.717) is 37.2 Å². The van der Waals surface area contributed by atoms with Gasteiger partial charge in [-0.25, -0.2) is 9.59 Å². The molecule has 11 heteroatoms. The molecule has 2 aliphatic rings. The van der Waals surface area contributed by atoms with Gasteiger partial charge in [0.25, 0.3) is 0 Å². The maximum atomic E-state index is 13.3. The quantitative estimate of drug-likeness (QED) is 0.527. The number of carbonyl (C=O) groups excluding carboxylic acids is 2. The summed E-state index contributed by atoms with van der Waals surface area (Å²) in [4.78, 5) is 41.5. The summed E-state index contributed by atoms with van der Waals surface area (Å²) >= 11 is 1.51. The highest BCUT2D eigenvalue weighted by Crippen LogP contribution is 2.36. The van der Waals surface area contributed by atoms with Crippen molar-refractivity contribution in [1.82, 2.24) is 14.8 Å². The largest absolute Gasteiger partial charge is 0.444 e. The minimum Gasteiger partial charge on any atom is -0.444 e. The third-order valence-electron chi connectivity index (χ3n) is 6.91. The Hall–Kier alpha value is -3.62. The van der Waals surface area contributed by atoms with Gasteiger partial charge in [0.1, 0.15) is 17.7 Å². The number of nitriles is 1. The van der Waals surface area contributed by atoms with Crippen molar-refractivity contribution in [3.05, 3.63) is 45.8 Å². The number of aromatic nitrogens is 1. The molecule has 2 amide bonds. The van der Waals surface area contributed by atoms with Crippen LogP contribution in [0.2, 0.25) is 0 Å². The van der Waals surface area contributed by atoms with Crippen molar-refractivity contribution in [2.45, 2.75) is 57.3 Å². The van der Waals surface area contributed by atoms with Crippen LogP contribution < -0.4 is 11.1 Å². The average molecular weight is 539 g/mol. The number of thiophene rings is 1. The van der Waals surface area contributed by atoms with Crippen LogP contribution in [0.5, 0.6) is 0 Å². The number of rotatable bonds is 5. The summed E-state index contributed by atoms with van der Waals surface area (Å²) in [5, 5.41) is 12.7. The van der Waals surface area contributed by atoms with E-state index in [-0.39, 0.29) is 17.9 Å². The van der Waals surface area contributed by atoms with Crippen LogP contribution in [0.4, 0.5) is 4.79 Å². The maximum Gasteiger partial charge on any atom is 0.419 e. The Kier molecular flexibility index (Phi) is 6.79. The van der Waals surface area contributed by atoms with Crippen molar-refractivity contribution >= 4 is 34.4 Å². The molecule has 1 N–H and O–H groups in total. The van der Waals surface area contributed by atoms with Crippen LogP contribution >= 0.6 is 11.3 Å². The molecule has 0 unspecified atom stereocenters. The Morgan fingerprint density at radius 3 is 2.79 bits per heavy atom. The fraction of sp³-hybridized carbons (Fsp3) is 0.481. The number of carbonyl (C=O) groups is 2. The lowest BCUT2D eigenvalue weighted by Gasteiger charge is -2.31. The number of amides is 2. The molecular formula is C27H30N4O6S. The van der Waals surface area contributed by atoms with Crippen molar-refractivity contribution < 1.29 is 23.5 Å². The summed E-state index contributed by atoms with van der Waals surface area (Å²) in [5.41, 5.74) is 1.45. The van der Waals surface area contributed by atoms with Gasteiger partial charge in [0, 0.05) is 29.1 Å². The Bertz CT molecular complexity index is 1470. The predicted octanol–water partition coefficient (Wildman–Crippen LogP) is 3.44. The number of nitrogens with one attached hydrogen (secondary N) is 1. The van der Waals surface area contributed by atoms with E-state index in [9.17, 15) is 19.6 Å². The number of nitrogens with zero attached hydrogens (tertiary/aromatic N) is 3. The van der Waals surface area contributed by atoms with Crippen molar-refractivity contribution in [3.8, 4) is 16.5 Å². The van der Waals surface area contributed by atoms with Gasteiger partial charge < -0.3 is 19.2 Å². The Morgan fingerprint density at radius 2 is 2.05 bits per heavy atom. The van der Waals surface area contributed by atoms with Gasteiger partial charge >= 0.3 is 11.8 Å². The molecule has 5 rings (SSSR count). The number of oxazole rings is 1. The lowest BCUT2D eigenvalue weighted by molar-refractivity contribution is -0.126. The molecule has 0 bridgehead atoms. The van der Waals surface area contributed by atoms with Gasteiger partial charge in [-0.05, 0) is 63.1 Å². The highest BCUT2D eigenvalue weighted by atomic mass is 32.1. The van der Waals surface area contributed by atoms with Crippen molar-refractivity contribution in [2.24, 2.45) is 13.0 Å². The third kappa shape index (κ3) is 5.06. The van der Waals surface area contributed by atoms with Crippen LogP contribution in [-0.4, -0.2) is 58.4 Å². The second-order valence-corrected chi connectivity index (χ2v) is 11.9. The zero-order valence-corrected chi connectivity index (χ0v) is 22.5. The number of ether oxygens (including phenoxy) is 2. The summed E-state index contributed by atoms with van der Waals surface area (Å²) in [6.45, 7) is 6.22. The molecule has 200 valence electrons. The van der Waals surface area contributed by atoms with Gasteiger partial charge in [0.2, 0.25) is 5.91 Å². The minimum atomic E-state index is -0.761. The highest BCUT2D eigenvalue weighted by molar-refractivity contribution is 7.15. The molecule has 0 spiro atoms. The lowest BCUT2D eigenvalue weighted by Crippen LogP contribution is -2.52. The van der Waals surface area contributed by atoms with E-state index in [1.54, 1.807) is 33.9 Å². The van der Waals surface area contributed by atoms with Gasteiger partial charge in [-0.2, -0.15) is 5.26 Å². The predicted molar refractivity (Wildman–Crippen MR) is 141 cm³/mol. The van der Waals surface area contributed by atoms with Crippen molar-refractivity contribution in [2.75, 3.05) is 13.2 Å². The average Bonchev–Trinajstić information content (AvgIpc) is 3.62. The molecule has 1 aromatic carbocycles. The zero-order valence-electron chi connectivity index (χ0n) is 21.7. The normalized spacial score (nSPS) is 21.8. The number of aryl methyl sites for hydroxylation is 1. The van der Waals surface area contributed by atoms with Crippen LogP contribution in [0, 0.1) is 17.2 Å². The lowest BCUT2D eigenvalue weighted by atomic mass is 10.0. The number of likely N-dealkylation sites (tertiary alicyclic amines) is 1. The third-order valence-corrected chi connectivity index (χ3v) is 8.06. The van der Waals surface area contributed by atoms with Crippen LogP contribution in [0.1, 0.15) is 32.1 Å². The van der Waals surface area contributed by atoms with E-state index in [2.05, 4.69) is 11.4 Å². The van der Waals surface area contributed by atoms with E-state index >= 15 is 0 Å². The van der Waals surface area contributed by atoms with Gasteiger partial charge in [-0.15, -0.1) is 11.3 Å². The van der Waals surface area contributed by atoms with Crippen LogP contribution in [0.15, 0.2) is 39.5 Å². The Labute approximate surface area is 223 Å². The fourth-order valence-electron chi connectivity index (χ4n) is 5.08. The monoisotopic (exact) mass is 538 g/mol. The van der Waals surface area contributed by atoms with Gasteiger partial charge in [0.05, 0.1) is 30.8 Å². The smallest absolute Gasteiger partial charge is 0.419 e. The summed E-state index contributed by atoms with van der Waals surface area (Å²) in [6, 6.07) is 9.93. The van der Waals surface area contributed by atoms with Crippen molar-refractivity contribution in [1.29, 1.82) is 5.26 Å². The first kappa shape index (κ1) is 26.0. The number of hydrogen-bond acceptors (Lipinski definition) is 8. The van der Waals surface area contributed by atoms with E-state index in [4.69, 9.17) is 13.9 Å². The molecule has 3 aromatic rings. The fourth-order valence-corrected chi connectivity index (χ4v) is 6.13. The zero-order chi connectivity index (χ0) is 27.2. The number of hydrogen-bond donors (Lipinski definition) is 1. The Morgan fingerprint density at radius 1 is 1.26 bits per heavy atom. The van der Waals surface area contributed by atoms with Crippen LogP contribution in [0.25, 0.3) is 21.5 Å². The summed E-state index contributed by atoms with van der Waals surface area (Å²) < 4.78 is 17.8. The second kappa shape index (κ2) is 9.93. The number of benzene rings is 1. The van der Waals surface area contributed by atoms with Gasteiger partial charge in [-0.1, -0.05) is 0 Å². The molecule has 2 aromatic heterocycles. The van der Waals surface area contributed by atoms with Crippen LogP contribution in [0.3, 0.4) is 0 Å². The second-order valence-electron chi connectivity index (χ2n) is 10.8. The molecule has 2 saturated heterocycles. The molecule has 0 radical (unpaired) electrons. The molecule has 2 fully saturated rings.